The minimum absolute atomic E-state index is 0.0759. The van der Waals surface area contributed by atoms with Crippen molar-refractivity contribution in [1.29, 1.82) is 0 Å². The topological polar surface area (TPSA) is 9.72 Å². The summed E-state index contributed by atoms with van der Waals surface area (Å²) < 4.78 is 0. The molecule has 3 nitrogen and oxygen atoms in total. The van der Waals surface area contributed by atoms with Crippen LogP contribution in [-0.4, -0.2) is 22.9 Å². The van der Waals surface area contributed by atoms with Crippen molar-refractivity contribution in [1.82, 2.24) is 0 Å². The van der Waals surface area contributed by atoms with E-state index in [9.17, 15) is 0 Å². The van der Waals surface area contributed by atoms with Gasteiger partial charge in [-0.1, -0.05) is 293 Å². The van der Waals surface area contributed by atoms with Crippen LogP contribution < -0.4 is 72.6 Å². The van der Waals surface area contributed by atoms with E-state index in [2.05, 4.69) is 368 Å². The van der Waals surface area contributed by atoms with Gasteiger partial charge in [-0.25, -0.2) is 0 Å². The lowest BCUT2D eigenvalue weighted by Gasteiger charge is -2.46. The molecule has 0 radical (unpaired) electrons. The molecule has 16 rings (SSSR count). The zero-order chi connectivity index (χ0) is 58.1. The highest BCUT2D eigenvalue weighted by Crippen LogP contribution is 2.54. The fraction of sp³-hybridized carbons (Fsp3) is 0.0370. The molecule has 0 bridgehead atoms. The van der Waals surface area contributed by atoms with Gasteiger partial charge in [-0.05, 0) is 130 Å². The number of benzene rings is 13. The molecule has 6 heteroatoms. The lowest BCUT2D eigenvalue weighted by molar-refractivity contribution is 0.632. The van der Waals surface area contributed by atoms with E-state index < -0.39 is 16.1 Å². The average Bonchev–Trinajstić information content (AvgIpc) is 1.34. The smallest absolute Gasteiger partial charge is 0.252 e. The Hall–Kier alpha value is -10.2. The number of hydrogen-bond acceptors (Lipinski definition) is 3. The van der Waals surface area contributed by atoms with Gasteiger partial charge in [0.1, 0.15) is 0 Å². The summed E-state index contributed by atoms with van der Waals surface area (Å²) in [5.41, 5.74) is 16.6. The quantitative estimate of drug-likeness (QED) is 0.0944. The van der Waals surface area contributed by atoms with Crippen LogP contribution in [0.25, 0.3) is 0 Å². The average molecular weight is 1140 g/mol. The summed E-state index contributed by atoms with van der Waals surface area (Å²) in [7, 11) is -5.93. The van der Waals surface area contributed by atoms with E-state index in [1.807, 2.05) is 0 Å². The maximum atomic E-state index is 2.62. The van der Waals surface area contributed by atoms with E-state index >= 15 is 0 Å². The first-order chi connectivity index (χ1) is 43.0. The molecule has 3 aliphatic rings. The molecule has 0 aliphatic carbocycles. The van der Waals surface area contributed by atoms with Crippen molar-refractivity contribution < 1.29 is 0 Å². The first kappa shape index (κ1) is 52.3. The van der Waals surface area contributed by atoms with Gasteiger partial charge in [0.05, 0.1) is 17.1 Å². The van der Waals surface area contributed by atoms with Crippen molar-refractivity contribution in [2.45, 2.75) is 19.3 Å². The van der Waals surface area contributed by atoms with Crippen molar-refractivity contribution >= 4 is 132 Å². The number of nitrogens with zero attached hydrogens (tertiary/aromatic N) is 3. The molecule has 0 unspecified atom stereocenters. The second-order valence-corrected chi connectivity index (χ2v) is 31.5. The van der Waals surface area contributed by atoms with Crippen LogP contribution in [0.5, 0.6) is 0 Å². The standard InChI is InChI=1S/C81H62BN3Si2/c1-81(2)70-47-21-25-51-74(70)85(75-52-26-22-48-71(75)81)61-57-78-80-79(58-61)84(60-32-30-46-69(56-60)87(65-39-15-6-16-40-65,66-41-17-7-18-42-66)67-43-19-8-20-44-67)77-54-28-24-50-73(77)82(80)72-49-23-27-53-76(72)83(78)59-31-29-45-68(55-59)86(62-33-9-3-10-34-62,63-35-11-4-12-36-63)64-37-13-5-14-38-64/h3-58H,1-2H3. The lowest BCUT2D eigenvalue weighted by atomic mass is 9.33. The summed E-state index contributed by atoms with van der Waals surface area (Å²) >= 11 is 0. The predicted octanol–water partition coefficient (Wildman–Crippen LogP) is 12.6. The maximum absolute atomic E-state index is 2.97. The van der Waals surface area contributed by atoms with Crippen molar-refractivity contribution in [2.24, 2.45) is 0 Å². The Bertz CT molecular complexity index is 4210. The van der Waals surface area contributed by atoms with Crippen molar-refractivity contribution in [3.8, 4) is 0 Å². The van der Waals surface area contributed by atoms with Crippen LogP contribution in [0.4, 0.5) is 51.2 Å². The third-order valence-corrected chi connectivity index (χ3v) is 28.6. The zero-order valence-corrected chi connectivity index (χ0v) is 50.8. The summed E-state index contributed by atoms with van der Waals surface area (Å²) in [6, 6.07) is 129. The van der Waals surface area contributed by atoms with Crippen LogP contribution >= 0.6 is 0 Å². The van der Waals surface area contributed by atoms with Crippen LogP contribution in [0.2, 0.25) is 0 Å². The molecule has 0 saturated heterocycles. The third kappa shape index (κ3) is 8.09. The van der Waals surface area contributed by atoms with Crippen LogP contribution in [0.3, 0.4) is 0 Å². The van der Waals surface area contributed by atoms with Gasteiger partial charge in [0.25, 0.3) is 6.71 Å². The summed E-state index contributed by atoms with van der Waals surface area (Å²) in [6.07, 6.45) is 0. The second-order valence-electron chi connectivity index (χ2n) is 23.9. The summed E-state index contributed by atoms with van der Waals surface area (Å²) in [5, 5.41) is 10.7. The van der Waals surface area contributed by atoms with Crippen LogP contribution in [-0.2, 0) is 5.41 Å². The maximum Gasteiger partial charge on any atom is 0.252 e. The predicted molar refractivity (Wildman–Crippen MR) is 375 cm³/mol. The highest BCUT2D eigenvalue weighted by Gasteiger charge is 2.48. The van der Waals surface area contributed by atoms with Gasteiger partial charge in [-0.15, -0.1) is 0 Å². The molecule has 0 spiro atoms. The first-order valence-electron chi connectivity index (χ1n) is 30.4. The van der Waals surface area contributed by atoms with Gasteiger partial charge in [-0.3, -0.25) is 0 Å². The Labute approximate surface area is 513 Å². The molecule has 0 atom stereocenters. The largest absolute Gasteiger partial charge is 0.311 e. The Balaban J connectivity index is 1.00. The van der Waals surface area contributed by atoms with Crippen LogP contribution in [0, 0.1) is 0 Å². The normalized spacial score (nSPS) is 13.6. The molecule has 0 aromatic heterocycles. The van der Waals surface area contributed by atoms with Gasteiger partial charge in [0.2, 0.25) is 0 Å². The van der Waals surface area contributed by atoms with E-state index in [1.165, 1.54) is 91.8 Å². The minimum atomic E-state index is -2.97. The van der Waals surface area contributed by atoms with E-state index in [-0.39, 0.29) is 12.1 Å². The molecule has 3 aliphatic heterocycles. The zero-order valence-electron chi connectivity index (χ0n) is 48.8. The number of rotatable bonds is 11. The Morgan fingerprint density at radius 1 is 0.241 bits per heavy atom. The number of fused-ring (bicyclic) bond motifs is 6. The highest BCUT2D eigenvalue weighted by atomic mass is 28.3. The number of anilines is 9. The molecule has 0 amide bonds. The minimum Gasteiger partial charge on any atom is -0.311 e. The molecule has 13 aromatic rings. The second kappa shape index (κ2) is 21.1. The van der Waals surface area contributed by atoms with Gasteiger partial charge < -0.3 is 14.7 Å². The Morgan fingerprint density at radius 3 is 0.862 bits per heavy atom. The molecule has 87 heavy (non-hydrogen) atoms. The lowest BCUT2D eigenvalue weighted by Crippen LogP contribution is -2.74. The van der Waals surface area contributed by atoms with E-state index in [0.29, 0.717) is 0 Å². The van der Waals surface area contributed by atoms with E-state index in [1.54, 1.807) is 0 Å². The summed E-state index contributed by atoms with van der Waals surface area (Å²) in [4.78, 5) is 7.79. The first-order valence-corrected chi connectivity index (χ1v) is 34.4. The summed E-state index contributed by atoms with van der Waals surface area (Å²) in [6.45, 7) is 4.69. The molecule has 412 valence electrons. The highest BCUT2D eigenvalue weighted by molar-refractivity contribution is 7.20. The van der Waals surface area contributed by atoms with Crippen LogP contribution in [0.1, 0.15) is 25.0 Å². The van der Waals surface area contributed by atoms with Gasteiger partial charge >= 0.3 is 0 Å². The van der Waals surface area contributed by atoms with Gasteiger partial charge in [0, 0.05) is 39.5 Å². The number of hydrogen-bond donors (Lipinski definition) is 0. The third-order valence-electron chi connectivity index (χ3n) is 19.1. The monoisotopic (exact) mass is 1140 g/mol. The van der Waals surface area contributed by atoms with Crippen molar-refractivity contribution in [3.63, 3.8) is 0 Å². The van der Waals surface area contributed by atoms with Crippen molar-refractivity contribution in [3.05, 3.63) is 351 Å². The SMILES string of the molecule is CC1(C)c2ccccc2N(c2cc3c4c(c2)N(c2cccc([Si](c5ccccc5)(c5ccccc5)c5ccccc5)c2)c2ccccc2B4c2ccccc2N3c2cccc([Si](c3ccccc3)(c3ccccc3)c3ccccc3)c2)c2ccccc21. The van der Waals surface area contributed by atoms with E-state index in [4.69, 9.17) is 0 Å². The molecule has 0 fully saturated rings. The molecular weight excluding hydrogens is 1080 g/mol. The summed E-state index contributed by atoms with van der Waals surface area (Å²) in [5.74, 6) is 0. The molecule has 13 aromatic carbocycles. The fourth-order valence-electron chi connectivity index (χ4n) is 15.4. The molecule has 0 saturated carbocycles. The molecule has 3 heterocycles. The van der Waals surface area contributed by atoms with E-state index in [0.717, 1.165) is 28.4 Å². The van der Waals surface area contributed by atoms with Crippen molar-refractivity contribution in [2.75, 3.05) is 14.7 Å². The Kier molecular flexibility index (Phi) is 12.7. The van der Waals surface area contributed by atoms with Gasteiger partial charge in [-0.2, -0.15) is 0 Å². The number of para-hydroxylation sites is 4. The molecule has 0 N–H and O–H groups in total. The molecular formula is C81H62BN3Si2. The van der Waals surface area contributed by atoms with Crippen LogP contribution in [0.15, 0.2) is 340 Å². The van der Waals surface area contributed by atoms with Gasteiger partial charge in [0.15, 0.2) is 16.1 Å². The Morgan fingerprint density at radius 2 is 0.517 bits per heavy atom. The fourth-order valence-corrected chi connectivity index (χ4v) is 25.0.